The highest BCUT2D eigenvalue weighted by Crippen LogP contribution is 2.16. The van der Waals surface area contributed by atoms with Crippen LogP contribution >= 0.6 is 0 Å². The van der Waals surface area contributed by atoms with E-state index in [1.54, 1.807) is 31.4 Å². The predicted octanol–water partition coefficient (Wildman–Crippen LogP) is 2.48. The summed E-state index contributed by atoms with van der Waals surface area (Å²) >= 11 is 0. The number of methoxy groups -OCH3 is 1. The Morgan fingerprint density at radius 1 is 1.04 bits per heavy atom. The minimum atomic E-state index is -0.442. The first kappa shape index (κ1) is 18.3. The van der Waals surface area contributed by atoms with Crippen LogP contribution < -0.4 is 20.7 Å². The van der Waals surface area contributed by atoms with E-state index in [9.17, 15) is 9.59 Å². The third kappa shape index (κ3) is 6.18. The smallest absolute Gasteiger partial charge is 0.319 e. The number of aryl methyl sites for hydroxylation is 1. The van der Waals surface area contributed by atoms with E-state index < -0.39 is 6.03 Å². The van der Waals surface area contributed by atoms with Crippen molar-refractivity contribution < 1.29 is 14.3 Å². The van der Waals surface area contributed by atoms with E-state index in [2.05, 4.69) is 16.0 Å². The highest BCUT2D eigenvalue weighted by molar-refractivity contribution is 5.92. The lowest BCUT2D eigenvalue weighted by molar-refractivity contribution is -0.120. The Bertz CT molecular complexity index is 731. The summed E-state index contributed by atoms with van der Waals surface area (Å²) < 4.78 is 5.09. The number of carbonyl (C=O) groups excluding carboxylic acids is 2. The van der Waals surface area contributed by atoms with Gasteiger partial charge in [0.05, 0.1) is 13.7 Å². The molecular formula is C19H23N3O3. The van der Waals surface area contributed by atoms with Crippen LogP contribution in [0, 0.1) is 6.92 Å². The maximum Gasteiger partial charge on any atom is 0.319 e. The second-order valence-electron chi connectivity index (χ2n) is 5.57. The number of nitrogens with one attached hydrogen (secondary N) is 3. The molecule has 2 aromatic carbocycles. The van der Waals surface area contributed by atoms with Gasteiger partial charge in [-0.05, 0) is 36.6 Å². The van der Waals surface area contributed by atoms with Crippen LogP contribution in [0.2, 0.25) is 0 Å². The van der Waals surface area contributed by atoms with Crippen LogP contribution in [0.3, 0.4) is 0 Å². The zero-order chi connectivity index (χ0) is 18.1. The van der Waals surface area contributed by atoms with E-state index in [0.29, 0.717) is 18.0 Å². The molecule has 0 aliphatic heterocycles. The van der Waals surface area contributed by atoms with Crippen molar-refractivity contribution >= 4 is 17.6 Å². The summed E-state index contributed by atoms with van der Waals surface area (Å²) in [5, 5.41) is 7.97. The van der Waals surface area contributed by atoms with E-state index in [4.69, 9.17) is 4.74 Å². The van der Waals surface area contributed by atoms with Gasteiger partial charge in [-0.25, -0.2) is 4.79 Å². The van der Waals surface area contributed by atoms with Crippen LogP contribution in [-0.2, 0) is 11.2 Å². The first-order valence-corrected chi connectivity index (χ1v) is 8.08. The number of benzene rings is 2. The molecule has 3 amide bonds. The van der Waals surface area contributed by atoms with Crippen molar-refractivity contribution in [2.24, 2.45) is 0 Å². The quantitative estimate of drug-likeness (QED) is 0.724. The fraction of sp³-hybridized carbons (Fsp3) is 0.263. The molecule has 0 aliphatic carbocycles. The van der Waals surface area contributed by atoms with Gasteiger partial charge in [-0.2, -0.15) is 0 Å². The minimum absolute atomic E-state index is 0.0798. The number of hydrogen-bond acceptors (Lipinski definition) is 3. The summed E-state index contributed by atoms with van der Waals surface area (Å²) in [5.41, 5.74) is 3.00. The number of anilines is 1. The molecule has 6 nitrogen and oxygen atoms in total. The molecule has 0 radical (unpaired) electrons. The van der Waals surface area contributed by atoms with Crippen LogP contribution in [0.1, 0.15) is 11.1 Å². The fourth-order valence-corrected chi connectivity index (χ4v) is 2.33. The van der Waals surface area contributed by atoms with Crippen LogP contribution in [0.15, 0.2) is 48.5 Å². The lowest BCUT2D eigenvalue weighted by atomic mass is 10.1. The first-order chi connectivity index (χ1) is 12.1. The molecule has 0 saturated carbocycles. The molecule has 0 spiro atoms. The van der Waals surface area contributed by atoms with Gasteiger partial charge in [0.25, 0.3) is 0 Å². The maximum absolute atomic E-state index is 11.8. The van der Waals surface area contributed by atoms with Crippen LogP contribution in [0.25, 0.3) is 0 Å². The molecule has 0 aromatic heterocycles. The molecule has 6 heteroatoms. The molecule has 0 unspecified atom stereocenters. The summed E-state index contributed by atoms with van der Waals surface area (Å²) in [7, 11) is 1.56. The molecule has 2 rings (SSSR count). The van der Waals surface area contributed by atoms with Gasteiger partial charge < -0.3 is 20.7 Å². The van der Waals surface area contributed by atoms with Crippen molar-refractivity contribution in [1.82, 2.24) is 10.6 Å². The highest BCUT2D eigenvalue weighted by Gasteiger charge is 2.06. The SMILES string of the molecule is COc1cccc(NC(=O)NCC(=O)NCCc2ccccc2C)c1. The topological polar surface area (TPSA) is 79.5 Å². The Morgan fingerprint density at radius 3 is 2.60 bits per heavy atom. The number of carbonyl (C=O) groups is 2. The summed E-state index contributed by atoms with van der Waals surface area (Å²) in [6.07, 6.45) is 0.758. The molecular weight excluding hydrogens is 318 g/mol. The van der Waals surface area contributed by atoms with Crippen LogP contribution in [0.5, 0.6) is 5.75 Å². The second-order valence-corrected chi connectivity index (χ2v) is 5.57. The summed E-state index contributed by atoms with van der Waals surface area (Å²) in [6.45, 7) is 2.49. The Morgan fingerprint density at radius 2 is 1.84 bits per heavy atom. The molecule has 3 N–H and O–H groups in total. The largest absolute Gasteiger partial charge is 0.497 e. The highest BCUT2D eigenvalue weighted by atomic mass is 16.5. The molecule has 0 heterocycles. The first-order valence-electron chi connectivity index (χ1n) is 8.08. The zero-order valence-corrected chi connectivity index (χ0v) is 14.5. The van der Waals surface area contributed by atoms with Gasteiger partial charge in [0.1, 0.15) is 5.75 Å². The van der Waals surface area contributed by atoms with Gasteiger partial charge in [-0.3, -0.25) is 4.79 Å². The normalized spacial score (nSPS) is 10.0. The molecule has 132 valence electrons. The number of hydrogen-bond donors (Lipinski definition) is 3. The Balaban J connectivity index is 1.68. The van der Waals surface area contributed by atoms with Gasteiger partial charge in [0.15, 0.2) is 0 Å². The number of ether oxygens (including phenoxy) is 1. The average Bonchev–Trinajstić information content (AvgIpc) is 2.62. The van der Waals surface area contributed by atoms with E-state index in [1.165, 1.54) is 11.1 Å². The lowest BCUT2D eigenvalue weighted by Crippen LogP contribution is -2.39. The summed E-state index contributed by atoms with van der Waals surface area (Å²) in [4.78, 5) is 23.6. The van der Waals surface area contributed by atoms with Gasteiger partial charge in [0.2, 0.25) is 5.91 Å². The monoisotopic (exact) mass is 341 g/mol. The Labute approximate surface area is 147 Å². The third-order valence-corrected chi connectivity index (χ3v) is 3.71. The van der Waals surface area contributed by atoms with Gasteiger partial charge in [-0.1, -0.05) is 30.3 Å². The van der Waals surface area contributed by atoms with Gasteiger partial charge >= 0.3 is 6.03 Å². The molecule has 0 bridgehead atoms. The van der Waals surface area contributed by atoms with Crippen LogP contribution in [-0.4, -0.2) is 32.1 Å². The van der Waals surface area contributed by atoms with Crippen molar-refractivity contribution in [3.8, 4) is 5.75 Å². The van der Waals surface area contributed by atoms with Crippen LogP contribution in [0.4, 0.5) is 10.5 Å². The molecule has 0 aliphatic rings. The number of urea groups is 1. The average molecular weight is 341 g/mol. The van der Waals surface area contributed by atoms with Gasteiger partial charge in [0, 0.05) is 18.3 Å². The summed E-state index contributed by atoms with van der Waals surface area (Å²) in [6, 6.07) is 14.6. The molecule has 0 atom stereocenters. The number of rotatable bonds is 7. The maximum atomic E-state index is 11.8. The van der Waals surface area contributed by atoms with Gasteiger partial charge in [-0.15, -0.1) is 0 Å². The second kappa shape index (κ2) is 9.32. The molecule has 0 fully saturated rings. The van der Waals surface area contributed by atoms with Crippen molar-refractivity contribution in [1.29, 1.82) is 0 Å². The minimum Gasteiger partial charge on any atom is -0.497 e. The standard InChI is InChI=1S/C19H23N3O3/c1-14-6-3-4-7-15(14)10-11-20-18(23)13-21-19(24)22-16-8-5-9-17(12-16)25-2/h3-9,12H,10-11,13H2,1-2H3,(H,20,23)(H2,21,22,24). The van der Waals surface area contributed by atoms with Crippen molar-refractivity contribution in [3.63, 3.8) is 0 Å². The Kier molecular flexibility index (Phi) is 6.83. The zero-order valence-electron chi connectivity index (χ0n) is 14.5. The lowest BCUT2D eigenvalue weighted by Gasteiger charge is -2.10. The van der Waals surface area contributed by atoms with Crippen molar-refractivity contribution in [2.75, 3.05) is 25.5 Å². The molecule has 0 saturated heterocycles. The van der Waals surface area contributed by atoms with Crippen molar-refractivity contribution in [3.05, 3.63) is 59.7 Å². The van der Waals surface area contributed by atoms with E-state index >= 15 is 0 Å². The number of amides is 3. The fourth-order valence-electron chi connectivity index (χ4n) is 2.33. The summed E-state index contributed by atoms with van der Waals surface area (Å²) in [5.74, 6) is 0.418. The molecule has 2 aromatic rings. The van der Waals surface area contributed by atoms with E-state index in [1.807, 2.05) is 31.2 Å². The van der Waals surface area contributed by atoms with E-state index in [0.717, 1.165) is 6.42 Å². The van der Waals surface area contributed by atoms with E-state index in [-0.39, 0.29) is 12.5 Å². The molecule has 25 heavy (non-hydrogen) atoms. The predicted molar refractivity (Wildman–Crippen MR) is 97.9 cm³/mol. The Hall–Kier alpha value is -3.02. The third-order valence-electron chi connectivity index (χ3n) is 3.71. The van der Waals surface area contributed by atoms with Crippen molar-refractivity contribution in [2.45, 2.75) is 13.3 Å².